The molecule has 2 aliphatic heterocycles. The summed E-state index contributed by atoms with van der Waals surface area (Å²) < 4.78 is 26.7. The van der Waals surface area contributed by atoms with Crippen molar-refractivity contribution in [3.63, 3.8) is 0 Å². The van der Waals surface area contributed by atoms with Crippen LogP contribution in [0.3, 0.4) is 0 Å². The molecule has 2 aromatic rings. The normalized spacial score (nSPS) is 19.3. The van der Waals surface area contributed by atoms with Crippen LogP contribution in [0.4, 0.5) is 5.82 Å². The summed E-state index contributed by atoms with van der Waals surface area (Å²) in [6.07, 6.45) is 7.56. The van der Waals surface area contributed by atoms with E-state index in [0.29, 0.717) is 52.1 Å². The van der Waals surface area contributed by atoms with E-state index < -0.39 is 10.0 Å². The number of rotatable bonds is 4. The number of nitrogens with zero attached hydrogens (tertiary/aromatic N) is 7. The summed E-state index contributed by atoms with van der Waals surface area (Å²) in [4.78, 5) is 29.9. The van der Waals surface area contributed by atoms with Crippen molar-refractivity contribution in [2.75, 3.05) is 50.4 Å². The Morgan fingerprint density at radius 1 is 1.00 bits per heavy atom. The molecule has 2 saturated heterocycles. The van der Waals surface area contributed by atoms with Crippen LogP contribution in [-0.2, 0) is 14.8 Å². The van der Waals surface area contributed by atoms with Crippen LogP contribution in [0.5, 0.6) is 0 Å². The summed E-state index contributed by atoms with van der Waals surface area (Å²) in [7, 11) is -3.18. The van der Waals surface area contributed by atoms with Gasteiger partial charge in [-0.2, -0.15) is 0 Å². The first-order valence-corrected chi connectivity index (χ1v) is 12.0. The maximum atomic E-state index is 12.9. The number of carbonyl (C=O) groups excluding carboxylic acids is 1. The molecular formula is C19H27N7O3S. The molecule has 4 rings (SSSR count). The van der Waals surface area contributed by atoms with Gasteiger partial charge in [0.25, 0.3) is 0 Å². The molecule has 0 saturated carbocycles. The first kappa shape index (κ1) is 20.7. The number of aryl methyl sites for hydroxylation is 1. The van der Waals surface area contributed by atoms with E-state index in [-0.39, 0.29) is 11.8 Å². The fraction of sp³-hybridized carbons (Fsp3) is 0.579. The average molecular weight is 434 g/mol. The number of piperidine rings is 1. The van der Waals surface area contributed by atoms with Gasteiger partial charge in [-0.25, -0.2) is 27.7 Å². The monoisotopic (exact) mass is 433 g/mol. The van der Waals surface area contributed by atoms with Gasteiger partial charge in [0.1, 0.15) is 23.8 Å². The Labute approximate surface area is 176 Å². The highest BCUT2D eigenvalue weighted by molar-refractivity contribution is 7.88. The Bertz CT molecular complexity index is 1010. The third-order valence-corrected chi connectivity index (χ3v) is 7.20. The average Bonchev–Trinajstić information content (AvgIpc) is 3.19. The number of hydrogen-bond acceptors (Lipinski definition) is 7. The van der Waals surface area contributed by atoms with Gasteiger partial charge in [0, 0.05) is 63.6 Å². The SMILES string of the molecule is Cc1nccn1-c1cc(N2CCN(C(=O)C3CCN(S(C)(=O)=O)CC3)CC2)ncn1. The number of sulfonamides is 1. The smallest absolute Gasteiger partial charge is 0.225 e. The lowest BCUT2D eigenvalue weighted by molar-refractivity contribution is -0.137. The first-order valence-electron chi connectivity index (χ1n) is 10.1. The largest absolute Gasteiger partial charge is 0.353 e. The Morgan fingerprint density at radius 2 is 1.67 bits per heavy atom. The molecule has 0 unspecified atom stereocenters. The number of imidazole rings is 1. The highest BCUT2D eigenvalue weighted by Crippen LogP contribution is 2.23. The van der Waals surface area contributed by atoms with E-state index in [0.717, 1.165) is 17.5 Å². The lowest BCUT2D eigenvalue weighted by Gasteiger charge is -2.38. The molecule has 0 atom stereocenters. The van der Waals surface area contributed by atoms with E-state index in [4.69, 9.17) is 0 Å². The minimum atomic E-state index is -3.18. The zero-order valence-corrected chi connectivity index (χ0v) is 18.1. The molecule has 0 bridgehead atoms. The van der Waals surface area contributed by atoms with Crippen LogP contribution in [-0.4, -0.2) is 88.6 Å². The minimum Gasteiger partial charge on any atom is -0.353 e. The Hall–Kier alpha value is -2.53. The zero-order valence-electron chi connectivity index (χ0n) is 17.3. The van der Waals surface area contributed by atoms with Crippen LogP contribution in [0.2, 0.25) is 0 Å². The number of anilines is 1. The van der Waals surface area contributed by atoms with Crippen molar-refractivity contribution in [2.45, 2.75) is 19.8 Å². The van der Waals surface area contributed by atoms with Crippen molar-refractivity contribution in [1.29, 1.82) is 0 Å². The van der Waals surface area contributed by atoms with Crippen molar-refractivity contribution < 1.29 is 13.2 Å². The van der Waals surface area contributed by atoms with Gasteiger partial charge in [-0.05, 0) is 19.8 Å². The molecule has 0 spiro atoms. The van der Waals surface area contributed by atoms with Crippen LogP contribution in [0.15, 0.2) is 24.8 Å². The van der Waals surface area contributed by atoms with Crippen LogP contribution in [0.1, 0.15) is 18.7 Å². The molecule has 0 N–H and O–H groups in total. The predicted molar refractivity (Wildman–Crippen MR) is 112 cm³/mol. The second-order valence-electron chi connectivity index (χ2n) is 7.83. The molecule has 0 radical (unpaired) electrons. The van der Waals surface area contributed by atoms with E-state index in [9.17, 15) is 13.2 Å². The summed E-state index contributed by atoms with van der Waals surface area (Å²) in [5, 5.41) is 0. The van der Waals surface area contributed by atoms with Gasteiger partial charge in [-0.3, -0.25) is 9.36 Å². The highest BCUT2D eigenvalue weighted by Gasteiger charge is 2.32. The van der Waals surface area contributed by atoms with Gasteiger partial charge >= 0.3 is 0 Å². The maximum Gasteiger partial charge on any atom is 0.225 e. The summed E-state index contributed by atoms with van der Waals surface area (Å²) in [6.45, 7) is 5.44. The molecule has 0 aromatic carbocycles. The molecule has 1 amide bonds. The molecule has 4 heterocycles. The van der Waals surface area contributed by atoms with E-state index in [1.165, 1.54) is 10.6 Å². The van der Waals surface area contributed by atoms with E-state index in [1.807, 2.05) is 28.7 Å². The number of hydrogen-bond donors (Lipinski definition) is 0. The minimum absolute atomic E-state index is 0.0931. The molecule has 0 aliphatic carbocycles. The molecule has 2 aromatic heterocycles. The first-order chi connectivity index (χ1) is 14.3. The Morgan fingerprint density at radius 3 is 2.27 bits per heavy atom. The van der Waals surface area contributed by atoms with Crippen molar-refractivity contribution in [2.24, 2.45) is 5.92 Å². The maximum absolute atomic E-state index is 12.9. The molecule has 10 nitrogen and oxygen atoms in total. The van der Waals surface area contributed by atoms with Crippen molar-refractivity contribution in [1.82, 2.24) is 28.7 Å². The zero-order chi connectivity index (χ0) is 21.3. The van der Waals surface area contributed by atoms with Gasteiger partial charge in [-0.15, -0.1) is 0 Å². The number of aromatic nitrogens is 4. The summed E-state index contributed by atoms with van der Waals surface area (Å²) in [6, 6.07) is 1.94. The van der Waals surface area contributed by atoms with Crippen LogP contribution in [0.25, 0.3) is 5.82 Å². The number of carbonyl (C=O) groups is 1. The summed E-state index contributed by atoms with van der Waals surface area (Å²) >= 11 is 0. The topological polar surface area (TPSA) is 105 Å². The van der Waals surface area contributed by atoms with Gasteiger partial charge in [0.05, 0.1) is 6.26 Å². The van der Waals surface area contributed by atoms with Crippen molar-refractivity contribution >= 4 is 21.7 Å². The van der Waals surface area contributed by atoms with E-state index in [1.54, 1.807) is 12.5 Å². The van der Waals surface area contributed by atoms with Crippen molar-refractivity contribution in [3.05, 3.63) is 30.6 Å². The molecular weight excluding hydrogens is 406 g/mol. The predicted octanol–water partition coefficient (Wildman–Crippen LogP) is 0.291. The molecule has 2 aliphatic rings. The van der Waals surface area contributed by atoms with Crippen LogP contribution in [0, 0.1) is 12.8 Å². The standard InChI is InChI=1S/C19H27N7O3S/c1-15-20-5-8-26(15)18-13-17(21-14-22-18)23-9-11-24(12-10-23)19(27)16-3-6-25(7-4-16)30(2,28)29/h5,8,13-14,16H,3-4,6-7,9-12H2,1-2H3. The van der Waals surface area contributed by atoms with Gasteiger partial charge in [-0.1, -0.05) is 0 Å². The third-order valence-electron chi connectivity index (χ3n) is 5.90. The molecule has 30 heavy (non-hydrogen) atoms. The molecule has 162 valence electrons. The second-order valence-corrected chi connectivity index (χ2v) is 9.81. The van der Waals surface area contributed by atoms with Gasteiger partial charge in [0.2, 0.25) is 15.9 Å². The van der Waals surface area contributed by atoms with E-state index >= 15 is 0 Å². The molecule has 11 heteroatoms. The van der Waals surface area contributed by atoms with Crippen LogP contribution >= 0.6 is 0 Å². The fourth-order valence-corrected chi connectivity index (χ4v) is 4.98. The number of piperazine rings is 1. The summed E-state index contributed by atoms with van der Waals surface area (Å²) in [5.41, 5.74) is 0. The second kappa shape index (κ2) is 8.31. The fourth-order valence-electron chi connectivity index (χ4n) is 4.11. The Kier molecular flexibility index (Phi) is 5.74. The lowest BCUT2D eigenvalue weighted by Crippen LogP contribution is -2.52. The molecule has 2 fully saturated rings. The van der Waals surface area contributed by atoms with Crippen LogP contribution < -0.4 is 4.90 Å². The summed E-state index contributed by atoms with van der Waals surface area (Å²) in [5.74, 6) is 2.51. The van der Waals surface area contributed by atoms with Crippen molar-refractivity contribution in [3.8, 4) is 5.82 Å². The Balaban J connectivity index is 1.34. The number of amides is 1. The van der Waals surface area contributed by atoms with E-state index in [2.05, 4.69) is 19.9 Å². The highest BCUT2D eigenvalue weighted by atomic mass is 32.2. The third kappa shape index (κ3) is 4.31. The lowest BCUT2D eigenvalue weighted by atomic mass is 9.96. The van der Waals surface area contributed by atoms with Gasteiger partial charge in [0.15, 0.2) is 0 Å². The van der Waals surface area contributed by atoms with Gasteiger partial charge < -0.3 is 9.80 Å². The quantitative estimate of drug-likeness (QED) is 0.682.